The third-order valence-corrected chi connectivity index (χ3v) is 5.02. The second kappa shape index (κ2) is 7.07. The number of piperidine rings is 2. The van der Waals surface area contributed by atoms with E-state index in [1.54, 1.807) is 21.9 Å². The Balaban J connectivity index is 1.49. The summed E-state index contributed by atoms with van der Waals surface area (Å²) in [6.07, 6.45) is 3.81. The van der Waals surface area contributed by atoms with Gasteiger partial charge >= 0.3 is 5.97 Å². The van der Waals surface area contributed by atoms with E-state index in [0.29, 0.717) is 57.6 Å². The lowest BCUT2D eigenvalue weighted by Crippen LogP contribution is -2.47. The van der Waals surface area contributed by atoms with Gasteiger partial charge in [0.05, 0.1) is 12.2 Å². The molecule has 0 saturated carbocycles. The van der Waals surface area contributed by atoms with E-state index in [1.807, 2.05) is 0 Å². The number of carboxylic acids is 1. The first-order valence-electron chi connectivity index (χ1n) is 8.40. The van der Waals surface area contributed by atoms with Crippen molar-refractivity contribution in [1.29, 1.82) is 0 Å². The second-order valence-corrected chi connectivity index (χ2v) is 6.48. The summed E-state index contributed by atoms with van der Waals surface area (Å²) in [5.41, 5.74) is 0. The molecule has 1 N–H and O–H groups in total. The third kappa shape index (κ3) is 3.44. The summed E-state index contributed by atoms with van der Waals surface area (Å²) in [5.74, 6) is -0.881. The monoisotopic (exact) mass is 334 g/mol. The number of hydrogen-bond acceptors (Lipinski definition) is 4. The smallest absolute Gasteiger partial charge is 0.306 e. The van der Waals surface area contributed by atoms with Gasteiger partial charge in [0.25, 0.3) is 5.91 Å². The van der Waals surface area contributed by atoms with Crippen molar-refractivity contribution in [3.05, 3.63) is 24.2 Å². The van der Waals surface area contributed by atoms with Crippen LogP contribution in [0.1, 0.15) is 36.2 Å². The SMILES string of the molecule is O=C(O)C1CCN(C(=O)C2CCN(C(=O)c3ccco3)CC2)CC1. The third-order valence-electron chi connectivity index (χ3n) is 5.02. The number of carbonyl (C=O) groups excluding carboxylic acids is 2. The zero-order valence-corrected chi connectivity index (χ0v) is 13.5. The van der Waals surface area contributed by atoms with Crippen molar-refractivity contribution in [3.8, 4) is 0 Å². The van der Waals surface area contributed by atoms with Crippen molar-refractivity contribution in [3.63, 3.8) is 0 Å². The van der Waals surface area contributed by atoms with Gasteiger partial charge in [-0.3, -0.25) is 14.4 Å². The summed E-state index contributed by atoms with van der Waals surface area (Å²) in [7, 11) is 0. The summed E-state index contributed by atoms with van der Waals surface area (Å²) in [5, 5.41) is 9.02. The molecular weight excluding hydrogens is 312 g/mol. The number of carbonyl (C=O) groups is 3. The van der Waals surface area contributed by atoms with E-state index in [4.69, 9.17) is 9.52 Å². The Morgan fingerprint density at radius 2 is 1.54 bits per heavy atom. The first-order chi connectivity index (χ1) is 11.6. The van der Waals surface area contributed by atoms with E-state index in [9.17, 15) is 14.4 Å². The molecule has 0 bridgehead atoms. The molecule has 7 heteroatoms. The van der Waals surface area contributed by atoms with Gasteiger partial charge in [0, 0.05) is 32.1 Å². The number of rotatable bonds is 3. The van der Waals surface area contributed by atoms with Crippen LogP contribution in [-0.2, 0) is 9.59 Å². The molecule has 3 rings (SSSR count). The Morgan fingerprint density at radius 3 is 2.08 bits per heavy atom. The van der Waals surface area contributed by atoms with E-state index in [1.165, 1.54) is 6.26 Å². The van der Waals surface area contributed by atoms with Crippen LogP contribution < -0.4 is 0 Å². The number of aliphatic carboxylic acids is 1. The standard InChI is InChI=1S/C17H22N2O5/c20-15(18-9-5-13(6-10-18)17(22)23)12-3-7-19(8-4-12)16(21)14-2-1-11-24-14/h1-2,11-13H,3-10H2,(H,22,23). The van der Waals surface area contributed by atoms with E-state index < -0.39 is 5.97 Å². The molecule has 7 nitrogen and oxygen atoms in total. The Bertz CT molecular complexity index is 597. The van der Waals surface area contributed by atoms with Gasteiger partial charge in [-0.2, -0.15) is 0 Å². The molecule has 2 aliphatic rings. The summed E-state index contributed by atoms with van der Waals surface area (Å²) in [4.78, 5) is 39.3. The van der Waals surface area contributed by atoms with Crippen molar-refractivity contribution in [2.75, 3.05) is 26.2 Å². The second-order valence-electron chi connectivity index (χ2n) is 6.48. The molecule has 2 aliphatic heterocycles. The summed E-state index contributed by atoms with van der Waals surface area (Å²) < 4.78 is 5.13. The molecule has 0 aliphatic carbocycles. The average Bonchev–Trinajstić information content (AvgIpc) is 3.15. The Kier molecular flexibility index (Phi) is 4.87. The summed E-state index contributed by atoms with van der Waals surface area (Å²) in [6.45, 7) is 2.12. The zero-order chi connectivity index (χ0) is 17.1. The highest BCUT2D eigenvalue weighted by atomic mass is 16.4. The predicted molar refractivity (Wildman–Crippen MR) is 84.3 cm³/mol. The minimum Gasteiger partial charge on any atom is -0.481 e. The number of furan rings is 1. The molecule has 0 radical (unpaired) electrons. The molecule has 3 heterocycles. The van der Waals surface area contributed by atoms with Gasteiger partial charge in [0.2, 0.25) is 5.91 Å². The van der Waals surface area contributed by atoms with Crippen LogP contribution in [0.15, 0.2) is 22.8 Å². The maximum atomic E-state index is 12.6. The van der Waals surface area contributed by atoms with Gasteiger partial charge in [0.15, 0.2) is 5.76 Å². The highest BCUT2D eigenvalue weighted by molar-refractivity contribution is 5.91. The molecule has 2 amide bonds. The molecule has 2 saturated heterocycles. The van der Waals surface area contributed by atoms with Gasteiger partial charge in [-0.1, -0.05) is 0 Å². The number of nitrogens with zero attached hydrogens (tertiary/aromatic N) is 2. The fourth-order valence-corrected chi connectivity index (χ4v) is 3.49. The van der Waals surface area contributed by atoms with E-state index >= 15 is 0 Å². The summed E-state index contributed by atoms with van der Waals surface area (Å²) in [6, 6.07) is 3.33. The lowest BCUT2D eigenvalue weighted by Gasteiger charge is -2.36. The topological polar surface area (TPSA) is 91.1 Å². The fourth-order valence-electron chi connectivity index (χ4n) is 3.49. The van der Waals surface area contributed by atoms with E-state index in [0.717, 1.165) is 0 Å². The number of amides is 2. The van der Waals surface area contributed by atoms with Crippen molar-refractivity contribution < 1.29 is 23.9 Å². The van der Waals surface area contributed by atoms with Gasteiger partial charge < -0.3 is 19.3 Å². The molecule has 1 aromatic rings. The maximum Gasteiger partial charge on any atom is 0.306 e. The van der Waals surface area contributed by atoms with Crippen molar-refractivity contribution >= 4 is 17.8 Å². The molecule has 24 heavy (non-hydrogen) atoms. The van der Waals surface area contributed by atoms with Crippen LogP contribution in [-0.4, -0.2) is 58.9 Å². The van der Waals surface area contributed by atoms with Crippen LogP contribution in [0.2, 0.25) is 0 Å². The number of hydrogen-bond donors (Lipinski definition) is 1. The molecule has 0 aromatic carbocycles. The lowest BCUT2D eigenvalue weighted by atomic mass is 9.92. The molecule has 1 aromatic heterocycles. The van der Waals surface area contributed by atoms with Gasteiger partial charge in [0.1, 0.15) is 0 Å². The quantitative estimate of drug-likeness (QED) is 0.903. The maximum absolute atomic E-state index is 12.6. The van der Waals surface area contributed by atoms with E-state index in [-0.39, 0.29) is 23.7 Å². The number of likely N-dealkylation sites (tertiary alicyclic amines) is 2. The van der Waals surface area contributed by atoms with Crippen LogP contribution >= 0.6 is 0 Å². The van der Waals surface area contributed by atoms with Crippen LogP contribution in [0.3, 0.4) is 0 Å². The minimum absolute atomic E-state index is 0.0768. The van der Waals surface area contributed by atoms with Crippen LogP contribution in [0.25, 0.3) is 0 Å². The number of carboxylic acid groups (broad SMARTS) is 1. The Morgan fingerprint density at radius 1 is 0.958 bits per heavy atom. The van der Waals surface area contributed by atoms with Crippen molar-refractivity contribution in [2.45, 2.75) is 25.7 Å². The minimum atomic E-state index is -0.771. The molecule has 2 fully saturated rings. The van der Waals surface area contributed by atoms with Gasteiger partial charge in [-0.15, -0.1) is 0 Å². The van der Waals surface area contributed by atoms with Gasteiger partial charge in [-0.05, 0) is 37.8 Å². The summed E-state index contributed by atoms with van der Waals surface area (Å²) >= 11 is 0. The highest BCUT2D eigenvalue weighted by Crippen LogP contribution is 2.24. The van der Waals surface area contributed by atoms with Crippen LogP contribution in [0.4, 0.5) is 0 Å². The zero-order valence-electron chi connectivity index (χ0n) is 13.5. The van der Waals surface area contributed by atoms with Crippen molar-refractivity contribution in [2.24, 2.45) is 11.8 Å². The first-order valence-corrected chi connectivity index (χ1v) is 8.40. The molecular formula is C17H22N2O5. The average molecular weight is 334 g/mol. The normalized spacial score (nSPS) is 20.2. The largest absolute Gasteiger partial charge is 0.481 e. The molecule has 0 unspecified atom stereocenters. The highest BCUT2D eigenvalue weighted by Gasteiger charge is 2.33. The molecule has 0 atom stereocenters. The van der Waals surface area contributed by atoms with Crippen LogP contribution in [0.5, 0.6) is 0 Å². The predicted octanol–water partition coefficient (Wildman–Crippen LogP) is 1.45. The Labute approximate surface area is 140 Å². The fraction of sp³-hybridized carbons (Fsp3) is 0.588. The van der Waals surface area contributed by atoms with E-state index in [2.05, 4.69) is 0 Å². The Hall–Kier alpha value is -2.31. The van der Waals surface area contributed by atoms with Crippen molar-refractivity contribution in [1.82, 2.24) is 9.80 Å². The molecule has 130 valence electrons. The van der Waals surface area contributed by atoms with Crippen LogP contribution in [0, 0.1) is 11.8 Å². The first kappa shape index (κ1) is 16.5. The van der Waals surface area contributed by atoms with Gasteiger partial charge in [-0.25, -0.2) is 0 Å². The lowest BCUT2D eigenvalue weighted by molar-refractivity contribution is -0.147. The molecule has 0 spiro atoms.